The lowest BCUT2D eigenvalue weighted by Gasteiger charge is -2.40. The minimum Gasteiger partial charge on any atom is -0.301 e. The standard InChI is InChI=1S/C14H30N2/c1-12(2)6-7-15-8-9-16(10-13(3)4)14(5)11-15/h12-14H,6-11H2,1-5H3/t14-/m0/s1. The normalized spacial score (nSPS) is 24.6. The lowest BCUT2D eigenvalue weighted by molar-refractivity contribution is 0.0718. The summed E-state index contributed by atoms with van der Waals surface area (Å²) in [5.41, 5.74) is 0. The molecule has 0 saturated carbocycles. The maximum absolute atomic E-state index is 2.65. The van der Waals surface area contributed by atoms with E-state index >= 15 is 0 Å². The van der Waals surface area contributed by atoms with Crippen molar-refractivity contribution in [2.24, 2.45) is 11.8 Å². The Morgan fingerprint density at radius 2 is 1.75 bits per heavy atom. The van der Waals surface area contributed by atoms with E-state index in [1.165, 1.54) is 39.1 Å². The maximum Gasteiger partial charge on any atom is 0.0195 e. The van der Waals surface area contributed by atoms with Crippen LogP contribution < -0.4 is 0 Å². The number of hydrogen-bond donors (Lipinski definition) is 0. The molecule has 2 heteroatoms. The van der Waals surface area contributed by atoms with E-state index in [-0.39, 0.29) is 0 Å². The van der Waals surface area contributed by atoms with Crippen molar-refractivity contribution >= 4 is 0 Å². The fourth-order valence-electron chi connectivity index (χ4n) is 2.45. The smallest absolute Gasteiger partial charge is 0.0195 e. The van der Waals surface area contributed by atoms with Gasteiger partial charge in [0.25, 0.3) is 0 Å². The minimum atomic E-state index is 0.739. The third kappa shape index (κ3) is 4.84. The van der Waals surface area contributed by atoms with Gasteiger partial charge in [-0.3, -0.25) is 4.90 Å². The number of nitrogens with zero attached hydrogens (tertiary/aromatic N) is 2. The quantitative estimate of drug-likeness (QED) is 0.711. The maximum atomic E-state index is 2.65. The van der Waals surface area contributed by atoms with Crippen molar-refractivity contribution in [3.05, 3.63) is 0 Å². The molecule has 1 aliphatic rings. The summed E-state index contributed by atoms with van der Waals surface area (Å²) in [6.45, 7) is 18.0. The SMILES string of the molecule is CC(C)CCN1CCN(CC(C)C)[C@@H](C)C1. The lowest BCUT2D eigenvalue weighted by atomic mass is 10.1. The molecule has 1 saturated heterocycles. The predicted octanol–water partition coefficient (Wildman–Crippen LogP) is 2.69. The van der Waals surface area contributed by atoms with E-state index in [2.05, 4.69) is 44.4 Å². The zero-order chi connectivity index (χ0) is 12.1. The van der Waals surface area contributed by atoms with Crippen LogP contribution in [0.1, 0.15) is 41.0 Å². The summed E-state index contributed by atoms with van der Waals surface area (Å²) in [7, 11) is 0. The molecule has 1 rings (SSSR count). The summed E-state index contributed by atoms with van der Waals surface area (Å²) in [5, 5.41) is 0. The van der Waals surface area contributed by atoms with Gasteiger partial charge < -0.3 is 4.90 Å². The molecule has 96 valence electrons. The topological polar surface area (TPSA) is 6.48 Å². The summed E-state index contributed by atoms with van der Waals surface area (Å²) < 4.78 is 0. The number of hydrogen-bond acceptors (Lipinski definition) is 2. The van der Waals surface area contributed by atoms with Crippen LogP contribution in [-0.2, 0) is 0 Å². The van der Waals surface area contributed by atoms with Crippen LogP contribution in [0.4, 0.5) is 0 Å². The van der Waals surface area contributed by atoms with Gasteiger partial charge in [-0.1, -0.05) is 27.7 Å². The first kappa shape index (κ1) is 14.0. The second kappa shape index (κ2) is 6.61. The molecule has 0 amide bonds. The first-order valence-corrected chi connectivity index (χ1v) is 6.95. The molecule has 1 heterocycles. The lowest BCUT2D eigenvalue weighted by Crippen LogP contribution is -2.52. The summed E-state index contributed by atoms with van der Waals surface area (Å²) in [5.74, 6) is 1.63. The number of piperazine rings is 1. The van der Waals surface area contributed by atoms with Crippen LogP contribution in [0.25, 0.3) is 0 Å². The molecule has 0 bridgehead atoms. The Morgan fingerprint density at radius 3 is 2.25 bits per heavy atom. The van der Waals surface area contributed by atoms with Gasteiger partial charge in [-0.15, -0.1) is 0 Å². The zero-order valence-electron chi connectivity index (χ0n) is 11.9. The molecule has 0 aromatic heterocycles. The Bertz CT molecular complexity index is 189. The van der Waals surface area contributed by atoms with Crippen LogP contribution in [0.5, 0.6) is 0 Å². The van der Waals surface area contributed by atoms with Gasteiger partial charge >= 0.3 is 0 Å². The molecule has 0 aromatic carbocycles. The van der Waals surface area contributed by atoms with Crippen molar-refractivity contribution in [3.63, 3.8) is 0 Å². The molecule has 2 nitrogen and oxygen atoms in total. The molecule has 0 N–H and O–H groups in total. The average Bonchev–Trinajstić information content (AvgIpc) is 2.18. The molecule has 1 aliphatic heterocycles. The van der Waals surface area contributed by atoms with Crippen molar-refractivity contribution < 1.29 is 0 Å². The first-order chi connectivity index (χ1) is 7.49. The zero-order valence-corrected chi connectivity index (χ0v) is 11.9. The van der Waals surface area contributed by atoms with Gasteiger partial charge in [0.15, 0.2) is 0 Å². The highest BCUT2D eigenvalue weighted by Crippen LogP contribution is 2.13. The Hall–Kier alpha value is -0.0800. The molecule has 1 fully saturated rings. The summed E-state index contributed by atoms with van der Waals surface area (Å²) in [6, 6.07) is 0.739. The third-order valence-corrected chi connectivity index (χ3v) is 3.47. The average molecular weight is 226 g/mol. The molecule has 1 atom stereocenters. The highest BCUT2D eigenvalue weighted by molar-refractivity contribution is 4.79. The number of rotatable bonds is 5. The molecule has 0 unspecified atom stereocenters. The monoisotopic (exact) mass is 226 g/mol. The second-order valence-corrected chi connectivity index (χ2v) is 6.22. The first-order valence-electron chi connectivity index (χ1n) is 6.95. The van der Waals surface area contributed by atoms with E-state index in [4.69, 9.17) is 0 Å². The Morgan fingerprint density at radius 1 is 1.06 bits per heavy atom. The van der Waals surface area contributed by atoms with Crippen molar-refractivity contribution in [3.8, 4) is 0 Å². The van der Waals surface area contributed by atoms with E-state index in [0.717, 1.165) is 17.9 Å². The van der Waals surface area contributed by atoms with Crippen LogP contribution in [0.2, 0.25) is 0 Å². The van der Waals surface area contributed by atoms with Crippen LogP contribution >= 0.6 is 0 Å². The fraction of sp³-hybridized carbons (Fsp3) is 1.00. The highest BCUT2D eigenvalue weighted by atomic mass is 15.3. The third-order valence-electron chi connectivity index (χ3n) is 3.47. The summed E-state index contributed by atoms with van der Waals surface area (Å²) >= 11 is 0. The van der Waals surface area contributed by atoms with E-state index < -0.39 is 0 Å². The Kier molecular flexibility index (Phi) is 5.77. The molecule has 0 radical (unpaired) electrons. The molecule has 0 aromatic rings. The van der Waals surface area contributed by atoms with Gasteiger partial charge in [0.2, 0.25) is 0 Å². The predicted molar refractivity (Wildman–Crippen MR) is 71.8 cm³/mol. The van der Waals surface area contributed by atoms with E-state index in [9.17, 15) is 0 Å². The summed E-state index contributed by atoms with van der Waals surface area (Å²) in [4.78, 5) is 5.29. The van der Waals surface area contributed by atoms with Gasteiger partial charge in [0.1, 0.15) is 0 Å². The second-order valence-electron chi connectivity index (χ2n) is 6.22. The van der Waals surface area contributed by atoms with Crippen LogP contribution in [0, 0.1) is 11.8 Å². The molecule has 0 spiro atoms. The van der Waals surface area contributed by atoms with Gasteiger partial charge in [-0.05, 0) is 31.7 Å². The van der Waals surface area contributed by atoms with Gasteiger partial charge in [-0.2, -0.15) is 0 Å². The van der Waals surface area contributed by atoms with Gasteiger partial charge in [0, 0.05) is 32.2 Å². The molecule has 16 heavy (non-hydrogen) atoms. The molecular formula is C14H30N2. The van der Waals surface area contributed by atoms with E-state index in [1.54, 1.807) is 0 Å². The minimum absolute atomic E-state index is 0.739. The fourth-order valence-corrected chi connectivity index (χ4v) is 2.45. The van der Waals surface area contributed by atoms with Crippen LogP contribution in [0.3, 0.4) is 0 Å². The van der Waals surface area contributed by atoms with Crippen molar-refractivity contribution in [2.75, 3.05) is 32.7 Å². The Labute approximate surface area is 102 Å². The van der Waals surface area contributed by atoms with E-state index in [0.29, 0.717) is 0 Å². The van der Waals surface area contributed by atoms with Crippen LogP contribution in [0.15, 0.2) is 0 Å². The Balaban J connectivity index is 2.28. The van der Waals surface area contributed by atoms with Crippen molar-refractivity contribution in [2.45, 2.75) is 47.1 Å². The largest absolute Gasteiger partial charge is 0.301 e. The van der Waals surface area contributed by atoms with Crippen molar-refractivity contribution in [1.29, 1.82) is 0 Å². The van der Waals surface area contributed by atoms with Crippen LogP contribution in [-0.4, -0.2) is 48.6 Å². The van der Waals surface area contributed by atoms with Gasteiger partial charge in [-0.25, -0.2) is 0 Å². The van der Waals surface area contributed by atoms with Gasteiger partial charge in [0.05, 0.1) is 0 Å². The molecule has 0 aliphatic carbocycles. The molecular weight excluding hydrogens is 196 g/mol. The summed E-state index contributed by atoms with van der Waals surface area (Å²) in [6.07, 6.45) is 1.34. The van der Waals surface area contributed by atoms with Crippen molar-refractivity contribution in [1.82, 2.24) is 9.80 Å². The van der Waals surface area contributed by atoms with E-state index in [1.807, 2.05) is 0 Å². The highest BCUT2D eigenvalue weighted by Gasteiger charge is 2.23.